The van der Waals surface area contributed by atoms with Gasteiger partial charge in [0.1, 0.15) is 0 Å². The quantitative estimate of drug-likeness (QED) is 0.844. The summed E-state index contributed by atoms with van der Waals surface area (Å²) in [5.74, 6) is 0.725. The highest BCUT2D eigenvalue weighted by molar-refractivity contribution is 5.79. The van der Waals surface area contributed by atoms with Crippen molar-refractivity contribution in [1.29, 1.82) is 0 Å². The maximum atomic E-state index is 12.9. The lowest BCUT2D eigenvalue weighted by Gasteiger charge is -2.46. The molecule has 3 rings (SSSR count). The summed E-state index contributed by atoms with van der Waals surface area (Å²) in [6.45, 7) is 7.53. The average molecular weight is 293 g/mol. The van der Waals surface area contributed by atoms with Crippen LogP contribution < -0.4 is 5.32 Å². The van der Waals surface area contributed by atoms with Crippen molar-refractivity contribution in [2.24, 2.45) is 5.92 Å². The average Bonchev–Trinajstić information content (AvgIpc) is 2.35. The minimum Gasteiger partial charge on any atom is -0.337 e. The van der Waals surface area contributed by atoms with Crippen molar-refractivity contribution in [3.8, 4) is 0 Å². The van der Waals surface area contributed by atoms with E-state index in [1.165, 1.54) is 19.3 Å². The molecule has 120 valence electrons. The zero-order valence-electron chi connectivity index (χ0n) is 13.5. The molecule has 2 aliphatic heterocycles. The molecule has 2 saturated heterocycles. The van der Waals surface area contributed by atoms with Crippen molar-refractivity contribution < 1.29 is 4.79 Å². The molecule has 3 fully saturated rings. The van der Waals surface area contributed by atoms with Gasteiger partial charge in [-0.3, -0.25) is 9.69 Å². The lowest BCUT2D eigenvalue weighted by atomic mass is 9.90. The summed E-state index contributed by atoms with van der Waals surface area (Å²) in [6.07, 6.45) is 8.57. The highest BCUT2D eigenvalue weighted by Crippen LogP contribution is 2.28. The molecule has 0 bridgehead atoms. The van der Waals surface area contributed by atoms with Gasteiger partial charge in [0.2, 0.25) is 5.91 Å². The molecule has 1 atom stereocenters. The van der Waals surface area contributed by atoms with Crippen LogP contribution in [0, 0.1) is 5.92 Å². The summed E-state index contributed by atoms with van der Waals surface area (Å²) in [6, 6.07) is 1.22. The van der Waals surface area contributed by atoms with Crippen molar-refractivity contribution >= 4 is 5.91 Å². The Hall–Kier alpha value is -0.610. The largest absolute Gasteiger partial charge is 0.337 e. The molecule has 0 radical (unpaired) electrons. The van der Waals surface area contributed by atoms with Crippen molar-refractivity contribution in [3.05, 3.63) is 0 Å². The van der Waals surface area contributed by atoms with Crippen molar-refractivity contribution in [3.63, 3.8) is 0 Å². The molecule has 1 saturated carbocycles. The molecule has 0 spiro atoms. The first-order chi connectivity index (χ1) is 10.3. The zero-order chi connectivity index (χ0) is 14.7. The van der Waals surface area contributed by atoms with Crippen LogP contribution in [0.4, 0.5) is 0 Å². The van der Waals surface area contributed by atoms with Crippen LogP contribution in [0.2, 0.25) is 0 Å². The first-order valence-corrected chi connectivity index (χ1v) is 9.01. The molecular formula is C17H31N3O. The highest BCUT2D eigenvalue weighted by Gasteiger charge is 2.35. The van der Waals surface area contributed by atoms with Crippen molar-refractivity contribution in [2.75, 3.05) is 32.7 Å². The maximum absolute atomic E-state index is 12.9. The second-order valence-corrected chi connectivity index (χ2v) is 7.19. The molecule has 0 aromatic rings. The van der Waals surface area contributed by atoms with E-state index in [0.29, 0.717) is 11.9 Å². The van der Waals surface area contributed by atoms with Crippen LogP contribution >= 0.6 is 0 Å². The summed E-state index contributed by atoms with van der Waals surface area (Å²) in [5.41, 5.74) is 0. The van der Waals surface area contributed by atoms with Gasteiger partial charge in [0.05, 0.1) is 0 Å². The van der Waals surface area contributed by atoms with E-state index in [2.05, 4.69) is 22.0 Å². The van der Waals surface area contributed by atoms with E-state index >= 15 is 0 Å². The number of piperazine rings is 1. The van der Waals surface area contributed by atoms with Crippen LogP contribution in [-0.4, -0.2) is 60.5 Å². The van der Waals surface area contributed by atoms with Crippen molar-refractivity contribution in [1.82, 2.24) is 15.1 Å². The van der Waals surface area contributed by atoms with E-state index in [4.69, 9.17) is 0 Å². The number of amides is 1. The van der Waals surface area contributed by atoms with Crippen LogP contribution in [0.15, 0.2) is 0 Å². The van der Waals surface area contributed by atoms with Gasteiger partial charge in [0, 0.05) is 37.6 Å². The minimum atomic E-state index is 0.282. The minimum absolute atomic E-state index is 0.282. The van der Waals surface area contributed by atoms with Crippen LogP contribution in [0.25, 0.3) is 0 Å². The molecule has 4 nitrogen and oxygen atoms in total. The Balaban J connectivity index is 1.54. The number of hydrogen-bond acceptors (Lipinski definition) is 3. The number of nitrogens with one attached hydrogen (secondary N) is 1. The van der Waals surface area contributed by atoms with Crippen molar-refractivity contribution in [2.45, 2.75) is 64.0 Å². The fraction of sp³-hybridized carbons (Fsp3) is 0.941. The Labute approximate surface area is 129 Å². The predicted octanol–water partition coefficient (Wildman–Crippen LogP) is 1.85. The SMILES string of the molecule is CC1CN(C2CCC2)CCN1C(=O)C1CCCNCCC1. The molecule has 0 aromatic carbocycles. The normalized spacial score (nSPS) is 30.5. The molecule has 0 aromatic heterocycles. The van der Waals surface area contributed by atoms with Crippen LogP contribution in [-0.2, 0) is 4.79 Å². The second-order valence-electron chi connectivity index (χ2n) is 7.19. The molecular weight excluding hydrogens is 262 g/mol. The summed E-state index contributed by atoms with van der Waals surface area (Å²) in [5, 5.41) is 3.43. The smallest absolute Gasteiger partial charge is 0.226 e. The van der Waals surface area contributed by atoms with E-state index in [0.717, 1.165) is 64.4 Å². The molecule has 1 unspecified atom stereocenters. The third-order valence-corrected chi connectivity index (χ3v) is 5.69. The second kappa shape index (κ2) is 7.10. The molecule has 21 heavy (non-hydrogen) atoms. The molecule has 2 heterocycles. The van der Waals surface area contributed by atoms with Gasteiger partial charge in [-0.2, -0.15) is 0 Å². The van der Waals surface area contributed by atoms with Gasteiger partial charge < -0.3 is 10.2 Å². The summed E-state index contributed by atoms with van der Waals surface area (Å²) >= 11 is 0. The third kappa shape index (κ3) is 3.59. The van der Waals surface area contributed by atoms with Crippen LogP contribution in [0.1, 0.15) is 51.9 Å². The Morgan fingerprint density at radius 3 is 2.29 bits per heavy atom. The van der Waals surface area contributed by atoms with Gasteiger partial charge in [-0.25, -0.2) is 0 Å². The summed E-state index contributed by atoms with van der Waals surface area (Å²) < 4.78 is 0. The molecule has 3 aliphatic rings. The monoisotopic (exact) mass is 293 g/mol. The standard InChI is InChI=1S/C17H31N3O/c1-14-13-19(16-7-2-8-16)11-12-20(14)17(21)15-5-3-9-18-10-4-6-15/h14-16,18H,2-13H2,1H3. The van der Waals surface area contributed by atoms with Crippen LogP contribution in [0.5, 0.6) is 0 Å². The first kappa shape index (κ1) is 15.3. The number of carbonyl (C=O) groups excluding carboxylic acids is 1. The third-order valence-electron chi connectivity index (χ3n) is 5.69. The fourth-order valence-electron chi connectivity index (χ4n) is 4.09. The van der Waals surface area contributed by atoms with E-state index in [1.807, 2.05) is 0 Å². The lowest BCUT2D eigenvalue weighted by Crippen LogP contribution is -2.58. The summed E-state index contributed by atoms with van der Waals surface area (Å²) in [7, 11) is 0. The molecule has 1 aliphatic carbocycles. The zero-order valence-corrected chi connectivity index (χ0v) is 13.5. The topological polar surface area (TPSA) is 35.6 Å². The molecule has 4 heteroatoms. The van der Waals surface area contributed by atoms with Gasteiger partial charge >= 0.3 is 0 Å². The highest BCUT2D eigenvalue weighted by atomic mass is 16.2. The van der Waals surface area contributed by atoms with Gasteiger partial charge in [-0.05, 0) is 58.5 Å². The Kier molecular flexibility index (Phi) is 5.17. The van der Waals surface area contributed by atoms with E-state index in [1.54, 1.807) is 0 Å². The van der Waals surface area contributed by atoms with Gasteiger partial charge in [0.15, 0.2) is 0 Å². The van der Waals surface area contributed by atoms with Crippen LogP contribution in [0.3, 0.4) is 0 Å². The number of hydrogen-bond donors (Lipinski definition) is 1. The summed E-state index contributed by atoms with van der Waals surface area (Å²) in [4.78, 5) is 17.7. The number of nitrogens with zero attached hydrogens (tertiary/aromatic N) is 2. The van der Waals surface area contributed by atoms with E-state index < -0.39 is 0 Å². The first-order valence-electron chi connectivity index (χ1n) is 9.01. The van der Waals surface area contributed by atoms with Gasteiger partial charge in [-0.15, -0.1) is 0 Å². The van der Waals surface area contributed by atoms with E-state index in [9.17, 15) is 4.79 Å². The number of carbonyl (C=O) groups is 1. The van der Waals surface area contributed by atoms with E-state index in [-0.39, 0.29) is 5.92 Å². The lowest BCUT2D eigenvalue weighted by molar-refractivity contribution is -0.141. The predicted molar refractivity (Wildman–Crippen MR) is 85.2 cm³/mol. The molecule has 1 N–H and O–H groups in total. The van der Waals surface area contributed by atoms with Gasteiger partial charge in [-0.1, -0.05) is 6.42 Å². The Morgan fingerprint density at radius 2 is 1.71 bits per heavy atom. The Morgan fingerprint density at radius 1 is 1.00 bits per heavy atom. The maximum Gasteiger partial charge on any atom is 0.226 e. The van der Waals surface area contributed by atoms with Gasteiger partial charge in [0.25, 0.3) is 0 Å². The fourth-order valence-corrected chi connectivity index (χ4v) is 4.09. The Bertz CT molecular complexity index is 348. The molecule has 1 amide bonds. The number of rotatable bonds is 2.